The Morgan fingerprint density at radius 1 is 0.544 bits per heavy atom. The number of hydrogen-bond acceptors (Lipinski definition) is 9. The molecule has 0 aromatic carbocycles. The number of unbranched alkanes of at least 4 members (excludes halogenated alkanes) is 14. The van der Waals surface area contributed by atoms with E-state index in [2.05, 4.69) is 91.3 Å². The van der Waals surface area contributed by atoms with E-state index in [9.17, 15) is 24.2 Å². The molecule has 0 bridgehead atoms. The number of allylic oxidation sites excluding steroid dienone is 12. The third-order valence-electron chi connectivity index (χ3n) is 8.84. The van der Waals surface area contributed by atoms with Crippen molar-refractivity contribution < 1.29 is 47.8 Å². The molecule has 328 valence electrons. The summed E-state index contributed by atoms with van der Waals surface area (Å²) in [5.74, 6) is -0.983. The summed E-state index contributed by atoms with van der Waals surface area (Å²) < 4.78 is 32.7. The van der Waals surface area contributed by atoms with Gasteiger partial charge in [-0.1, -0.05) is 145 Å². The van der Waals surface area contributed by atoms with Gasteiger partial charge in [-0.15, -0.1) is 0 Å². The highest BCUT2D eigenvalue weighted by atomic mass is 31.2. The molecule has 0 heterocycles. The maximum Gasteiger partial charge on any atom is 0.472 e. The monoisotopic (exact) mass is 823 g/mol. The molecule has 0 aliphatic rings. The van der Waals surface area contributed by atoms with Crippen LogP contribution in [0.1, 0.15) is 168 Å². The molecule has 0 aromatic rings. The van der Waals surface area contributed by atoms with Crippen molar-refractivity contribution in [2.24, 2.45) is 0 Å². The molecule has 0 aromatic heterocycles. The summed E-state index contributed by atoms with van der Waals surface area (Å²) in [6.45, 7) is 2.18. The van der Waals surface area contributed by atoms with Gasteiger partial charge in [0.2, 0.25) is 0 Å². The van der Waals surface area contributed by atoms with Gasteiger partial charge in [-0.25, -0.2) is 4.57 Å². The molecule has 0 fully saturated rings. The zero-order valence-corrected chi connectivity index (χ0v) is 36.4. The Labute approximate surface area is 346 Å². The molecule has 0 rings (SSSR count). The number of hydrogen-bond donors (Lipinski definition) is 3. The van der Waals surface area contributed by atoms with Gasteiger partial charge >= 0.3 is 19.8 Å². The van der Waals surface area contributed by atoms with Gasteiger partial charge in [0.05, 0.1) is 19.8 Å². The highest BCUT2D eigenvalue weighted by molar-refractivity contribution is 7.47. The van der Waals surface area contributed by atoms with E-state index in [-0.39, 0.29) is 19.4 Å². The van der Waals surface area contributed by atoms with Gasteiger partial charge < -0.3 is 24.6 Å². The fourth-order valence-corrected chi connectivity index (χ4v) is 6.27. The first-order valence-electron chi connectivity index (χ1n) is 21.9. The van der Waals surface area contributed by atoms with Gasteiger partial charge in [-0.05, 0) is 83.5 Å². The molecule has 3 N–H and O–H groups in total. The van der Waals surface area contributed by atoms with E-state index < -0.39 is 51.8 Å². The normalized spacial score (nSPS) is 14.5. The molecule has 0 saturated heterocycles. The number of esters is 2. The molecule has 10 nitrogen and oxygen atoms in total. The minimum atomic E-state index is -4.63. The number of aliphatic hydroxyl groups is 2. The van der Waals surface area contributed by atoms with Crippen molar-refractivity contribution in [3.63, 3.8) is 0 Å². The van der Waals surface area contributed by atoms with Gasteiger partial charge in [-0.2, -0.15) is 0 Å². The lowest BCUT2D eigenvalue weighted by molar-refractivity contribution is -0.161. The summed E-state index contributed by atoms with van der Waals surface area (Å²) in [7, 11) is -4.63. The maximum atomic E-state index is 12.6. The van der Waals surface area contributed by atoms with Crippen LogP contribution in [0, 0.1) is 0 Å². The number of carbonyl (C=O) groups excluding carboxylic acids is 2. The van der Waals surface area contributed by atoms with Crippen molar-refractivity contribution >= 4 is 19.8 Å². The Hall–Kier alpha value is -2.59. The van der Waals surface area contributed by atoms with Crippen LogP contribution in [-0.4, -0.2) is 65.7 Å². The summed E-state index contributed by atoms with van der Waals surface area (Å²) in [5.41, 5.74) is 0. The first-order valence-corrected chi connectivity index (χ1v) is 23.4. The molecule has 0 aliphatic heterocycles. The molecule has 1 unspecified atom stereocenters. The van der Waals surface area contributed by atoms with Crippen molar-refractivity contribution in [2.45, 2.75) is 180 Å². The van der Waals surface area contributed by atoms with Crippen molar-refractivity contribution in [1.29, 1.82) is 0 Å². The minimum absolute atomic E-state index is 0.167. The number of aliphatic hydroxyl groups excluding tert-OH is 2. The van der Waals surface area contributed by atoms with E-state index in [4.69, 9.17) is 19.1 Å². The summed E-state index contributed by atoms with van der Waals surface area (Å²) in [6, 6.07) is 0. The van der Waals surface area contributed by atoms with Crippen molar-refractivity contribution in [3.8, 4) is 0 Å². The average molecular weight is 823 g/mol. The highest BCUT2D eigenvalue weighted by Crippen LogP contribution is 2.43. The average Bonchev–Trinajstić information content (AvgIpc) is 3.20. The molecule has 0 saturated carbocycles. The zero-order chi connectivity index (χ0) is 41.9. The maximum absolute atomic E-state index is 12.6. The minimum Gasteiger partial charge on any atom is -0.462 e. The van der Waals surface area contributed by atoms with Gasteiger partial charge in [0, 0.05) is 12.8 Å². The van der Waals surface area contributed by atoms with Crippen LogP contribution < -0.4 is 0 Å². The van der Waals surface area contributed by atoms with Gasteiger partial charge in [0.15, 0.2) is 6.10 Å². The van der Waals surface area contributed by atoms with Crippen LogP contribution in [0.2, 0.25) is 0 Å². The Balaban J connectivity index is 4.35. The van der Waals surface area contributed by atoms with Crippen LogP contribution in [0.25, 0.3) is 0 Å². The standard InChI is InChI=1S/C46H79O10P/c1-3-5-7-9-11-13-15-17-19-20-21-22-24-26-28-30-32-34-36-38-46(50)56-44(42-55-57(51,52)54-40-43(48)39-47)41-53-45(49)37-35-33-31-29-27-25-23-18-16-14-12-10-8-6-4-2/h6,8,11-14,17-19,23,27,29,43-44,47-48H,3-5,7,9-10,15-16,20-22,24-26,28,30-42H2,1-2H3,(H,51,52)/b8-6+,13-11+,14-12+,19-17+,23-18+,29-27+/t43-,44+/m0/s1. The number of rotatable bonds is 40. The van der Waals surface area contributed by atoms with E-state index in [1.807, 2.05) is 0 Å². The largest absolute Gasteiger partial charge is 0.472 e. The summed E-state index contributed by atoms with van der Waals surface area (Å²) in [4.78, 5) is 35.0. The molecule has 0 spiro atoms. The molecule has 0 aliphatic carbocycles. The van der Waals surface area contributed by atoms with Crippen LogP contribution in [0.4, 0.5) is 0 Å². The summed E-state index contributed by atoms with van der Waals surface area (Å²) in [5, 5.41) is 18.3. The fraction of sp³-hybridized carbons (Fsp3) is 0.696. The quantitative estimate of drug-likeness (QED) is 0.0236. The number of carbonyl (C=O) groups is 2. The zero-order valence-electron chi connectivity index (χ0n) is 35.5. The lowest BCUT2D eigenvalue weighted by Crippen LogP contribution is -2.29. The van der Waals surface area contributed by atoms with Crippen LogP contribution in [0.15, 0.2) is 72.9 Å². The predicted molar refractivity (Wildman–Crippen MR) is 233 cm³/mol. The molecular weight excluding hydrogens is 743 g/mol. The Morgan fingerprint density at radius 3 is 1.49 bits per heavy atom. The molecule has 0 radical (unpaired) electrons. The second-order valence-electron chi connectivity index (χ2n) is 14.3. The second-order valence-corrected chi connectivity index (χ2v) is 15.8. The molecule has 57 heavy (non-hydrogen) atoms. The fourth-order valence-electron chi connectivity index (χ4n) is 5.48. The SMILES string of the molecule is CC/C=C/C/C=C/C/C=C/C/C=C/CCCCC(=O)OC[C@H](COP(=O)(O)OC[C@@H](O)CO)OC(=O)CCCCCCCCCCC/C=C/C/C=C/CCCCC. The van der Waals surface area contributed by atoms with Crippen molar-refractivity contribution in [1.82, 2.24) is 0 Å². The van der Waals surface area contributed by atoms with E-state index in [0.717, 1.165) is 70.6 Å². The molecular formula is C46H79O10P. The highest BCUT2D eigenvalue weighted by Gasteiger charge is 2.27. The topological polar surface area (TPSA) is 149 Å². The molecule has 3 atom stereocenters. The van der Waals surface area contributed by atoms with Crippen LogP contribution in [0.3, 0.4) is 0 Å². The Morgan fingerprint density at radius 2 is 0.965 bits per heavy atom. The lowest BCUT2D eigenvalue weighted by Gasteiger charge is -2.20. The third kappa shape index (κ3) is 41.4. The first kappa shape index (κ1) is 54.4. The van der Waals surface area contributed by atoms with E-state index in [0.29, 0.717) is 12.8 Å². The smallest absolute Gasteiger partial charge is 0.462 e. The number of ether oxygens (including phenoxy) is 2. The van der Waals surface area contributed by atoms with Crippen molar-refractivity contribution in [2.75, 3.05) is 26.4 Å². The first-order chi connectivity index (χ1) is 27.7. The van der Waals surface area contributed by atoms with E-state index >= 15 is 0 Å². The second kappa shape index (κ2) is 41.6. The molecule has 0 amide bonds. The van der Waals surface area contributed by atoms with Crippen LogP contribution in [0.5, 0.6) is 0 Å². The molecule has 11 heteroatoms. The number of phosphoric ester groups is 1. The Bertz CT molecular complexity index is 1180. The van der Waals surface area contributed by atoms with E-state index in [1.165, 1.54) is 57.8 Å². The van der Waals surface area contributed by atoms with Gasteiger partial charge in [0.1, 0.15) is 12.7 Å². The predicted octanol–water partition coefficient (Wildman–Crippen LogP) is 11.7. The summed E-state index contributed by atoms with van der Waals surface area (Å²) in [6.07, 6.45) is 47.2. The summed E-state index contributed by atoms with van der Waals surface area (Å²) >= 11 is 0. The van der Waals surface area contributed by atoms with E-state index in [1.54, 1.807) is 0 Å². The van der Waals surface area contributed by atoms with Gasteiger partial charge in [0.25, 0.3) is 0 Å². The Kier molecular flexibility index (Phi) is 39.7. The van der Waals surface area contributed by atoms with Crippen LogP contribution >= 0.6 is 7.82 Å². The van der Waals surface area contributed by atoms with Crippen LogP contribution in [-0.2, 0) is 32.7 Å². The number of phosphoric acid groups is 1. The lowest BCUT2D eigenvalue weighted by atomic mass is 10.1. The third-order valence-corrected chi connectivity index (χ3v) is 9.80. The van der Waals surface area contributed by atoms with Gasteiger partial charge in [-0.3, -0.25) is 18.6 Å². The van der Waals surface area contributed by atoms with Crippen molar-refractivity contribution in [3.05, 3.63) is 72.9 Å².